The SMILES string of the molecule is CN(CC1CCOCC1)C(=O)c1cc(Cl)ncc1N. The highest BCUT2D eigenvalue weighted by Crippen LogP contribution is 2.20. The normalized spacial score (nSPS) is 16.3. The summed E-state index contributed by atoms with van der Waals surface area (Å²) in [5.41, 5.74) is 6.54. The summed E-state index contributed by atoms with van der Waals surface area (Å²) in [6.45, 7) is 2.26. The van der Waals surface area contributed by atoms with Crippen LogP contribution in [0.3, 0.4) is 0 Å². The van der Waals surface area contributed by atoms with Crippen LogP contribution in [0.4, 0.5) is 5.69 Å². The minimum Gasteiger partial charge on any atom is -0.397 e. The molecule has 1 aromatic heterocycles. The summed E-state index contributed by atoms with van der Waals surface area (Å²) in [4.78, 5) is 17.9. The first-order valence-corrected chi connectivity index (χ1v) is 6.70. The molecule has 6 heteroatoms. The third-order valence-corrected chi connectivity index (χ3v) is 3.56. The second kappa shape index (κ2) is 6.21. The van der Waals surface area contributed by atoms with Crippen LogP contribution in [0.2, 0.25) is 5.15 Å². The van der Waals surface area contributed by atoms with Crippen LogP contribution in [0.25, 0.3) is 0 Å². The molecule has 1 aliphatic rings. The van der Waals surface area contributed by atoms with Crippen molar-refractivity contribution in [1.82, 2.24) is 9.88 Å². The van der Waals surface area contributed by atoms with Crippen molar-refractivity contribution < 1.29 is 9.53 Å². The van der Waals surface area contributed by atoms with Gasteiger partial charge in [0, 0.05) is 26.8 Å². The van der Waals surface area contributed by atoms with E-state index >= 15 is 0 Å². The van der Waals surface area contributed by atoms with Crippen LogP contribution in [0.15, 0.2) is 12.3 Å². The van der Waals surface area contributed by atoms with E-state index in [0.29, 0.717) is 23.7 Å². The number of pyridine rings is 1. The molecule has 0 aromatic carbocycles. The summed E-state index contributed by atoms with van der Waals surface area (Å²) in [5, 5.41) is 0.275. The van der Waals surface area contributed by atoms with E-state index in [1.54, 1.807) is 11.9 Å². The molecule has 2 heterocycles. The lowest BCUT2D eigenvalue weighted by Gasteiger charge is -2.27. The van der Waals surface area contributed by atoms with Crippen molar-refractivity contribution in [2.45, 2.75) is 12.8 Å². The summed E-state index contributed by atoms with van der Waals surface area (Å²) < 4.78 is 5.31. The molecule has 1 aliphatic heterocycles. The fourth-order valence-electron chi connectivity index (χ4n) is 2.23. The zero-order chi connectivity index (χ0) is 13.8. The molecule has 1 amide bonds. The van der Waals surface area contributed by atoms with Gasteiger partial charge in [0.2, 0.25) is 0 Å². The Morgan fingerprint density at radius 1 is 1.58 bits per heavy atom. The van der Waals surface area contributed by atoms with Crippen molar-refractivity contribution in [2.75, 3.05) is 32.5 Å². The van der Waals surface area contributed by atoms with Crippen LogP contribution in [0, 0.1) is 5.92 Å². The van der Waals surface area contributed by atoms with Crippen molar-refractivity contribution in [1.29, 1.82) is 0 Å². The van der Waals surface area contributed by atoms with Crippen molar-refractivity contribution in [3.05, 3.63) is 23.0 Å². The van der Waals surface area contributed by atoms with Gasteiger partial charge >= 0.3 is 0 Å². The molecule has 1 aromatic rings. The van der Waals surface area contributed by atoms with Crippen LogP contribution in [0.5, 0.6) is 0 Å². The maximum atomic E-state index is 12.3. The number of anilines is 1. The van der Waals surface area contributed by atoms with E-state index in [9.17, 15) is 4.79 Å². The lowest BCUT2D eigenvalue weighted by molar-refractivity contribution is 0.0497. The predicted molar refractivity (Wildman–Crippen MR) is 74.2 cm³/mol. The average molecular weight is 284 g/mol. The Kier molecular flexibility index (Phi) is 4.61. The maximum Gasteiger partial charge on any atom is 0.255 e. The van der Waals surface area contributed by atoms with Crippen molar-refractivity contribution in [2.24, 2.45) is 5.92 Å². The lowest BCUT2D eigenvalue weighted by atomic mass is 9.99. The molecule has 1 fully saturated rings. The number of rotatable bonds is 3. The molecule has 104 valence electrons. The molecule has 0 bridgehead atoms. The number of carbonyl (C=O) groups is 1. The van der Waals surface area contributed by atoms with E-state index in [4.69, 9.17) is 22.1 Å². The summed E-state index contributed by atoms with van der Waals surface area (Å²) in [6.07, 6.45) is 3.40. The smallest absolute Gasteiger partial charge is 0.255 e. The van der Waals surface area contributed by atoms with Gasteiger partial charge in [-0.3, -0.25) is 4.79 Å². The largest absolute Gasteiger partial charge is 0.397 e. The number of amides is 1. The van der Waals surface area contributed by atoms with Gasteiger partial charge in [0.1, 0.15) is 5.15 Å². The van der Waals surface area contributed by atoms with Gasteiger partial charge in [-0.25, -0.2) is 4.98 Å². The fourth-order valence-corrected chi connectivity index (χ4v) is 2.39. The number of carbonyl (C=O) groups excluding carboxylic acids is 1. The molecule has 5 nitrogen and oxygen atoms in total. The third kappa shape index (κ3) is 3.58. The molecule has 0 saturated carbocycles. The molecular weight excluding hydrogens is 266 g/mol. The number of nitrogens with zero attached hydrogens (tertiary/aromatic N) is 2. The number of ether oxygens (including phenoxy) is 1. The second-order valence-corrected chi connectivity index (χ2v) is 5.22. The summed E-state index contributed by atoms with van der Waals surface area (Å²) in [5.74, 6) is 0.370. The molecule has 19 heavy (non-hydrogen) atoms. The molecular formula is C13H18ClN3O2. The minimum absolute atomic E-state index is 0.117. The standard InChI is InChI=1S/C13H18ClN3O2/c1-17(8-9-2-4-19-5-3-9)13(18)10-6-12(14)16-7-11(10)15/h6-7,9H,2-5,8,15H2,1H3. The van der Waals surface area contributed by atoms with Crippen molar-refractivity contribution in [3.8, 4) is 0 Å². The monoisotopic (exact) mass is 283 g/mol. The van der Waals surface area contributed by atoms with Crippen LogP contribution >= 0.6 is 11.6 Å². The van der Waals surface area contributed by atoms with E-state index in [0.717, 1.165) is 26.1 Å². The van der Waals surface area contributed by atoms with E-state index in [-0.39, 0.29) is 11.1 Å². The maximum absolute atomic E-state index is 12.3. The molecule has 0 unspecified atom stereocenters. The van der Waals surface area contributed by atoms with Gasteiger partial charge in [-0.2, -0.15) is 0 Å². The second-order valence-electron chi connectivity index (χ2n) is 4.84. The Morgan fingerprint density at radius 3 is 2.95 bits per heavy atom. The van der Waals surface area contributed by atoms with Crippen LogP contribution in [-0.2, 0) is 4.74 Å². The van der Waals surface area contributed by atoms with Gasteiger partial charge in [0.05, 0.1) is 17.4 Å². The quantitative estimate of drug-likeness (QED) is 0.859. The van der Waals surface area contributed by atoms with Crippen LogP contribution < -0.4 is 5.73 Å². The number of aromatic nitrogens is 1. The van der Waals surface area contributed by atoms with E-state index in [1.165, 1.54) is 12.3 Å². The highest BCUT2D eigenvalue weighted by atomic mass is 35.5. The number of nitrogen functional groups attached to an aromatic ring is 1. The molecule has 1 saturated heterocycles. The first-order chi connectivity index (χ1) is 9.08. The number of hydrogen-bond acceptors (Lipinski definition) is 4. The van der Waals surface area contributed by atoms with Gasteiger partial charge in [0.25, 0.3) is 5.91 Å². The highest BCUT2D eigenvalue weighted by Gasteiger charge is 2.21. The molecule has 0 radical (unpaired) electrons. The fraction of sp³-hybridized carbons (Fsp3) is 0.538. The summed E-state index contributed by atoms with van der Waals surface area (Å²) >= 11 is 5.80. The molecule has 0 atom stereocenters. The lowest BCUT2D eigenvalue weighted by Crippen LogP contribution is -2.34. The summed E-state index contributed by atoms with van der Waals surface area (Å²) in [6, 6.07) is 1.51. The average Bonchev–Trinajstić information content (AvgIpc) is 2.42. The van der Waals surface area contributed by atoms with Gasteiger partial charge in [-0.05, 0) is 24.8 Å². The van der Waals surface area contributed by atoms with E-state index < -0.39 is 0 Å². The molecule has 2 N–H and O–H groups in total. The third-order valence-electron chi connectivity index (χ3n) is 3.35. The van der Waals surface area contributed by atoms with Crippen molar-refractivity contribution in [3.63, 3.8) is 0 Å². The van der Waals surface area contributed by atoms with Gasteiger partial charge in [-0.15, -0.1) is 0 Å². The first kappa shape index (κ1) is 14.1. The zero-order valence-electron chi connectivity index (χ0n) is 10.9. The zero-order valence-corrected chi connectivity index (χ0v) is 11.7. The number of hydrogen-bond donors (Lipinski definition) is 1. The van der Waals surface area contributed by atoms with Gasteiger partial charge in [0.15, 0.2) is 0 Å². The first-order valence-electron chi connectivity index (χ1n) is 6.32. The minimum atomic E-state index is -0.117. The Bertz CT molecular complexity index is 461. The van der Waals surface area contributed by atoms with E-state index in [2.05, 4.69) is 4.98 Å². The highest BCUT2D eigenvalue weighted by molar-refractivity contribution is 6.29. The van der Waals surface area contributed by atoms with Crippen LogP contribution in [0.1, 0.15) is 23.2 Å². The number of halogens is 1. The Balaban J connectivity index is 2.03. The Morgan fingerprint density at radius 2 is 2.26 bits per heavy atom. The summed E-state index contributed by atoms with van der Waals surface area (Å²) in [7, 11) is 1.78. The number of nitrogens with two attached hydrogens (primary N) is 1. The molecule has 0 spiro atoms. The van der Waals surface area contributed by atoms with Crippen molar-refractivity contribution >= 4 is 23.2 Å². The topological polar surface area (TPSA) is 68.5 Å². The molecule has 2 rings (SSSR count). The molecule has 0 aliphatic carbocycles. The predicted octanol–water partition coefficient (Wildman–Crippen LogP) is 1.82. The van der Waals surface area contributed by atoms with Crippen LogP contribution in [-0.4, -0.2) is 42.6 Å². The Labute approximate surface area is 117 Å². The van der Waals surface area contributed by atoms with Gasteiger partial charge < -0.3 is 15.4 Å². The van der Waals surface area contributed by atoms with E-state index in [1.807, 2.05) is 0 Å². The van der Waals surface area contributed by atoms with Gasteiger partial charge in [-0.1, -0.05) is 11.6 Å². The Hall–Kier alpha value is -1.33.